The van der Waals surface area contributed by atoms with Crippen LogP contribution in [0.1, 0.15) is 24.0 Å². The van der Waals surface area contributed by atoms with Crippen LogP contribution in [-0.4, -0.2) is 36.2 Å². The number of amides is 2. The Balaban J connectivity index is 1.36. The minimum absolute atomic E-state index is 0.0412. The minimum Gasteiger partial charge on any atom is -0.454 e. The molecule has 0 aromatic heterocycles. The Morgan fingerprint density at radius 3 is 2.63 bits per heavy atom. The number of ether oxygens (including phenoxy) is 3. The van der Waals surface area contributed by atoms with Gasteiger partial charge >= 0.3 is 6.61 Å². The minimum atomic E-state index is -2.89. The van der Waals surface area contributed by atoms with Gasteiger partial charge in [-0.15, -0.1) is 0 Å². The third-order valence-electron chi connectivity index (χ3n) is 5.04. The van der Waals surface area contributed by atoms with E-state index in [0.717, 1.165) is 11.1 Å². The highest BCUT2D eigenvalue weighted by molar-refractivity contribution is 5.90. The van der Waals surface area contributed by atoms with E-state index in [4.69, 9.17) is 9.47 Å². The molecule has 1 atom stereocenters. The monoisotopic (exact) mass is 418 g/mol. The molecule has 0 spiro atoms. The van der Waals surface area contributed by atoms with Crippen LogP contribution in [0.2, 0.25) is 0 Å². The Morgan fingerprint density at radius 1 is 1.13 bits per heavy atom. The average molecular weight is 418 g/mol. The summed E-state index contributed by atoms with van der Waals surface area (Å²) in [4.78, 5) is 26.5. The van der Waals surface area contributed by atoms with Gasteiger partial charge in [-0.25, -0.2) is 0 Å². The summed E-state index contributed by atoms with van der Waals surface area (Å²) in [6, 6.07) is 10.9. The second-order valence-corrected chi connectivity index (χ2v) is 7.00. The summed E-state index contributed by atoms with van der Waals surface area (Å²) in [7, 11) is 0. The van der Waals surface area contributed by atoms with Crippen LogP contribution in [0, 0.1) is 0 Å². The fraction of sp³-hybridized carbons (Fsp3) is 0.333. The van der Waals surface area contributed by atoms with Gasteiger partial charge in [-0.1, -0.05) is 18.2 Å². The fourth-order valence-corrected chi connectivity index (χ4v) is 3.54. The predicted octanol–water partition coefficient (Wildman–Crippen LogP) is 2.82. The van der Waals surface area contributed by atoms with Crippen molar-refractivity contribution in [2.75, 3.05) is 6.79 Å². The van der Waals surface area contributed by atoms with E-state index in [2.05, 4.69) is 10.1 Å². The number of fused-ring (bicyclic) bond motifs is 1. The molecule has 0 unspecified atom stereocenters. The SMILES string of the molecule is O=C(NCc1ccc2c(c1)OCO2)[C@@H]1CCC(=O)N1Cc1ccc(OC(F)F)cc1. The maximum atomic E-state index is 12.7. The van der Waals surface area contributed by atoms with Crippen molar-refractivity contribution < 1.29 is 32.6 Å². The Kier molecular flexibility index (Phi) is 5.69. The van der Waals surface area contributed by atoms with Crippen LogP contribution in [0.4, 0.5) is 8.78 Å². The lowest BCUT2D eigenvalue weighted by Crippen LogP contribution is -2.44. The molecule has 1 N–H and O–H groups in total. The van der Waals surface area contributed by atoms with Crippen molar-refractivity contribution in [3.63, 3.8) is 0 Å². The standard InChI is InChI=1S/C21H20F2N2O5/c22-21(23)30-15-4-1-13(2-5-15)11-25-16(6-8-19(25)26)20(27)24-10-14-3-7-17-18(9-14)29-12-28-17/h1-5,7,9,16,21H,6,8,10-12H2,(H,24,27)/t16-/m0/s1. The van der Waals surface area contributed by atoms with Gasteiger partial charge in [-0.05, 0) is 41.8 Å². The maximum Gasteiger partial charge on any atom is 0.387 e. The number of alkyl halides is 2. The highest BCUT2D eigenvalue weighted by atomic mass is 19.3. The molecule has 1 saturated heterocycles. The van der Waals surface area contributed by atoms with E-state index in [0.29, 0.717) is 24.5 Å². The van der Waals surface area contributed by atoms with Crippen LogP contribution in [-0.2, 0) is 22.7 Å². The molecule has 0 radical (unpaired) electrons. The summed E-state index contributed by atoms with van der Waals surface area (Å²) in [6.45, 7) is -2.20. The molecular weight excluding hydrogens is 398 g/mol. The highest BCUT2D eigenvalue weighted by Gasteiger charge is 2.35. The molecule has 2 amide bonds. The van der Waals surface area contributed by atoms with Crippen LogP contribution in [0.3, 0.4) is 0 Å². The van der Waals surface area contributed by atoms with Crippen molar-refractivity contribution >= 4 is 11.8 Å². The van der Waals surface area contributed by atoms with Gasteiger partial charge in [0.1, 0.15) is 11.8 Å². The molecular formula is C21H20F2N2O5. The fourth-order valence-electron chi connectivity index (χ4n) is 3.54. The number of halogens is 2. The van der Waals surface area contributed by atoms with Gasteiger partial charge in [0.15, 0.2) is 11.5 Å². The number of hydrogen-bond acceptors (Lipinski definition) is 5. The van der Waals surface area contributed by atoms with Crippen molar-refractivity contribution in [2.24, 2.45) is 0 Å². The molecule has 2 aromatic rings. The van der Waals surface area contributed by atoms with E-state index in [1.54, 1.807) is 18.2 Å². The van der Waals surface area contributed by atoms with Gasteiger partial charge in [-0.2, -0.15) is 8.78 Å². The molecule has 9 heteroatoms. The van der Waals surface area contributed by atoms with Crippen LogP contribution < -0.4 is 19.5 Å². The first kappa shape index (κ1) is 19.9. The summed E-state index contributed by atoms with van der Waals surface area (Å²) in [5.41, 5.74) is 1.58. The third kappa shape index (κ3) is 4.45. The summed E-state index contributed by atoms with van der Waals surface area (Å²) >= 11 is 0. The number of carbonyl (C=O) groups is 2. The Bertz CT molecular complexity index is 935. The first-order valence-electron chi connectivity index (χ1n) is 9.49. The molecule has 7 nitrogen and oxygen atoms in total. The van der Waals surface area contributed by atoms with Crippen molar-refractivity contribution in [3.05, 3.63) is 53.6 Å². The van der Waals surface area contributed by atoms with Gasteiger partial charge in [0.2, 0.25) is 18.6 Å². The number of nitrogens with zero attached hydrogens (tertiary/aromatic N) is 1. The zero-order valence-electron chi connectivity index (χ0n) is 16.0. The number of hydrogen-bond donors (Lipinski definition) is 1. The van der Waals surface area contributed by atoms with Crippen LogP contribution in [0.5, 0.6) is 17.2 Å². The summed E-state index contributed by atoms with van der Waals surface area (Å²) in [5.74, 6) is 0.989. The third-order valence-corrected chi connectivity index (χ3v) is 5.04. The topological polar surface area (TPSA) is 77.1 Å². The molecule has 158 valence electrons. The van der Waals surface area contributed by atoms with E-state index >= 15 is 0 Å². The van der Waals surface area contributed by atoms with E-state index < -0.39 is 12.7 Å². The van der Waals surface area contributed by atoms with E-state index in [1.165, 1.54) is 17.0 Å². The summed E-state index contributed by atoms with van der Waals surface area (Å²) in [6.07, 6.45) is 0.715. The highest BCUT2D eigenvalue weighted by Crippen LogP contribution is 2.32. The van der Waals surface area contributed by atoms with Crippen molar-refractivity contribution in [2.45, 2.75) is 38.6 Å². The molecule has 0 saturated carbocycles. The lowest BCUT2D eigenvalue weighted by atomic mass is 10.1. The quantitative estimate of drug-likeness (QED) is 0.748. The Morgan fingerprint density at radius 2 is 1.87 bits per heavy atom. The maximum absolute atomic E-state index is 12.7. The van der Waals surface area contributed by atoms with E-state index in [-0.39, 0.29) is 37.3 Å². The van der Waals surface area contributed by atoms with E-state index in [9.17, 15) is 18.4 Å². The van der Waals surface area contributed by atoms with Gasteiger partial charge in [0.25, 0.3) is 0 Å². The van der Waals surface area contributed by atoms with Crippen LogP contribution in [0.15, 0.2) is 42.5 Å². The van der Waals surface area contributed by atoms with Crippen LogP contribution >= 0.6 is 0 Å². The van der Waals surface area contributed by atoms with Crippen molar-refractivity contribution in [1.29, 1.82) is 0 Å². The lowest BCUT2D eigenvalue weighted by Gasteiger charge is -2.24. The number of benzene rings is 2. The molecule has 30 heavy (non-hydrogen) atoms. The molecule has 0 bridgehead atoms. The zero-order chi connectivity index (χ0) is 21.1. The number of rotatable bonds is 7. The van der Waals surface area contributed by atoms with Gasteiger partial charge < -0.3 is 24.4 Å². The van der Waals surface area contributed by atoms with Gasteiger partial charge in [0.05, 0.1) is 0 Å². The summed E-state index contributed by atoms with van der Waals surface area (Å²) in [5, 5.41) is 2.87. The summed E-state index contributed by atoms with van der Waals surface area (Å²) < 4.78 is 39.5. The molecule has 4 rings (SSSR count). The van der Waals surface area contributed by atoms with Crippen molar-refractivity contribution in [3.8, 4) is 17.2 Å². The van der Waals surface area contributed by atoms with Gasteiger partial charge in [-0.3, -0.25) is 9.59 Å². The Labute approximate surface area is 171 Å². The Hall–Kier alpha value is -3.36. The normalized spacial score (nSPS) is 17.5. The van der Waals surface area contributed by atoms with Crippen LogP contribution in [0.25, 0.3) is 0 Å². The van der Waals surface area contributed by atoms with Crippen molar-refractivity contribution in [1.82, 2.24) is 10.2 Å². The first-order valence-corrected chi connectivity index (χ1v) is 9.49. The number of likely N-dealkylation sites (tertiary alicyclic amines) is 1. The average Bonchev–Trinajstić information content (AvgIpc) is 3.34. The second kappa shape index (κ2) is 8.56. The molecule has 2 aliphatic heterocycles. The van der Waals surface area contributed by atoms with Gasteiger partial charge in [0, 0.05) is 19.5 Å². The molecule has 2 heterocycles. The second-order valence-electron chi connectivity index (χ2n) is 7.00. The van der Waals surface area contributed by atoms with E-state index in [1.807, 2.05) is 12.1 Å². The molecule has 0 aliphatic carbocycles. The first-order chi connectivity index (χ1) is 14.5. The lowest BCUT2D eigenvalue weighted by molar-refractivity contribution is -0.135. The zero-order valence-corrected chi connectivity index (χ0v) is 16.0. The molecule has 1 fully saturated rings. The molecule has 2 aliphatic rings. The number of carbonyl (C=O) groups excluding carboxylic acids is 2. The smallest absolute Gasteiger partial charge is 0.387 e. The largest absolute Gasteiger partial charge is 0.454 e. The predicted molar refractivity (Wildman–Crippen MR) is 101 cm³/mol. The number of nitrogens with one attached hydrogen (secondary N) is 1. The molecule has 2 aromatic carbocycles.